The lowest BCUT2D eigenvalue weighted by Gasteiger charge is -2.50. The molecule has 3 aliphatic heterocycles. The number of nitrogens with zero attached hydrogens (tertiary/aromatic N) is 3. The van der Waals surface area contributed by atoms with Gasteiger partial charge in [0, 0.05) is 31.1 Å². The van der Waals surface area contributed by atoms with E-state index >= 15 is 0 Å². The Morgan fingerprint density at radius 1 is 1.22 bits per heavy atom. The summed E-state index contributed by atoms with van der Waals surface area (Å²) in [5.74, 6) is -0.563. The largest absolute Gasteiger partial charge is 0.444 e. The van der Waals surface area contributed by atoms with Crippen LogP contribution in [0.1, 0.15) is 58.1 Å². The van der Waals surface area contributed by atoms with E-state index in [2.05, 4.69) is 32.8 Å². The zero-order valence-corrected chi connectivity index (χ0v) is 21.4. The van der Waals surface area contributed by atoms with Gasteiger partial charge < -0.3 is 19.7 Å². The highest BCUT2D eigenvalue weighted by atomic mass is 16.6. The summed E-state index contributed by atoms with van der Waals surface area (Å²) in [5.41, 5.74) is 2.27. The van der Waals surface area contributed by atoms with Crippen molar-refractivity contribution in [3.63, 3.8) is 0 Å². The Balaban J connectivity index is 1.32. The first-order valence-electron chi connectivity index (χ1n) is 12.7. The van der Waals surface area contributed by atoms with Crippen molar-refractivity contribution in [2.75, 3.05) is 24.7 Å². The van der Waals surface area contributed by atoms with Gasteiger partial charge in [0.05, 0.1) is 42.4 Å². The second-order valence-corrected chi connectivity index (χ2v) is 11.2. The molecule has 1 aromatic heterocycles. The standard InChI is InChI=1S/C26H35N5O5/c1-26(2,3)36-25(34)27-12-15-9-17-13-35-14-18(10-15)31(17)16-5-6-19-21(11-16)30(4)29-23(19)20-7-8-22(32)28-24(20)33/h5-6,11,15,17-18,20H,7-10,12-14H2,1-4H3,(H,27,34)(H,28,32,33). The predicted octanol–water partition coefficient (Wildman–Crippen LogP) is 2.60. The third-order valence-electron chi connectivity index (χ3n) is 7.28. The Morgan fingerprint density at radius 3 is 2.61 bits per heavy atom. The molecule has 2 aromatic rings. The number of carbonyl (C=O) groups is 3. The van der Waals surface area contributed by atoms with E-state index in [0.29, 0.717) is 38.5 Å². The number of imide groups is 1. The Hall–Kier alpha value is -3.14. The second kappa shape index (κ2) is 9.38. The lowest BCUT2D eigenvalue weighted by molar-refractivity contribution is -0.134. The van der Waals surface area contributed by atoms with Crippen LogP contribution >= 0.6 is 0 Å². The van der Waals surface area contributed by atoms with Gasteiger partial charge in [0.25, 0.3) is 0 Å². The maximum absolute atomic E-state index is 12.5. The van der Waals surface area contributed by atoms with E-state index in [1.54, 1.807) is 0 Å². The molecular formula is C26H35N5O5. The van der Waals surface area contributed by atoms with Crippen LogP contribution in [0.5, 0.6) is 0 Å². The molecule has 4 heterocycles. The number of amides is 3. The summed E-state index contributed by atoms with van der Waals surface area (Å²) in [5, 5.41) is 11.0. The second-order valence-electron chi connectivity index (χ2n) is 11.2. The summed E-state index contributed by atoms with van der Waals surface area (Å²) >= 11 is 0. The summed E-state index contributed by atoms with van der Waals surface area (Å²) < 4.78 is 13.1. The Labute approximate surface area is 210 Å². The molecule has 3 unspecified atom stereocenters. The van der Waals surface area contributed by atoms with Gasteiger partial charge >= 0.3 is 6.09 Å². The molecule has 10 nitrogen and oxygen atoms in total. The van der Waals surface area contributed by atoms with E-state index in [0.717, 1.165) is 35.1 Å². The lowest BCUT2D eigenvalue weighted by Crippen LogP contribution is -2.58. The van der Waals surface area contributed by atoms with Crippen molar-refractivity contribution >= 4 is 34.5 Å². The highest BCUT2D eigenvalue weighted by Gasteiger charge is 2.40. The molecule has 36 heavy (non-hydrogen) atoms. The van der Waals surface area contributed by atoms with Crippen molar-refractivity contribution in [1.29, 1.82) is 0 Å². The van der Waals surface area contributed by atoms with E-state index in [1.807, 2.05) is 38.6 Å². The number of rotatable bonds is 4. The summed E-state index contributed by atoms with van der Waals surface area (Å²) in [6, 6.07) is 6.71. The lowest BCUT2D eigenvalue weighted by atomic mass is 9.84. The van der Waals surface area contributed by atoms with Crippen LogP contribution in [0.2, 0.25) is 0 Å². The zero-order chi connectivity index (χ0) is 25.6. The molecule has 0 aliphatic carbocycles. The van der Waals surface area contributed by atoms with Gasteiger partial charge in [-0.1, -0.05) is 0 Å². The fourth-order valence-corrected chi connectivity index (χ4v) is 5.80. The van der Waals surface area contributed by atoms with Gasteiger partial charge in [0.2, 0.25) is 11.8 Å². The molecule has 5 rings (SSSR count). The number of ether oxygens (including phenoxy) is 2. The number of benzene rings is 1. The third kappa shape index (κ3) is 4.91. The Bertz CT molecular complexity index is 1170. The van der Waals surface area contributed by atoms with Crippen LogP contribution in [0, 0.1) is 5.92 Å². The molecule has 10 heteroatoms. The number of nitrogens with one attached hydrogen (secondary N) is 2. The zero-order valence-electron chi connectivity index (χ0n) is 21.4. The summed E-state index contributed by atoms with van der Waals surface area (Å²) in [7, 11) is 1.89. The molecule has 1 aromatic carbocycles. The highest BCUT2D eigenvalue weighted by Crippen LogP contribution is 2.38. The Kier molecular flexibility index (Phi) is 6.40. The minimum absolute atomic E-state index is 0.211. The van der Waals surface area contributed by atoms with Crippen molar-refractivity contribution in [3.8, 4) is 0 Å². The van der Waals surface area contributed by atoms with Crippen molar-refractivity contribution in [2.45, 2.75) is 70.1 Å². The average molecular weight is 498 g/mol. The highest BCUT2D eigenvalue weighted by molar-refractivity contribution is 6.02. The van der Waals surface area contributed by atoms with E-state index in [9.17, 15) is 14.4 Å². The minimum atomic E-state index is -0.514. The molecule has 3 atom stereocenters. The molecule has 2 N–H and O–H groups in total. The van der Waals surface area contributed by atoms with Gasteiger partial charge in [0.1, 0.15) is 5.60 Å². The molecule has 3 aliphatic rings. The number of aryl methyl sites for hydroxylation is 1. The first-order valence-corrected chi connectivity index (χ1v) is 12.7. The number of fused-ring (bicyclic) bond motifs is 3. The SMILES string of the molecule is Cn1nc(C2CCC(=O)NC2=O)c2ccc(N3C4COCC3CC(CNC(=O)OC(C)(C)C)C4)cc21. The molecule has 0 saturated carbocycles. The van der Waals surface area contributed by atoms with Gasteiger partial charge in [0.15, 0.2) is 0 Å². The van der Waals surface area contributed by atoms with Gasteiger partial charge in [-0.25, -0.2) is 4.79 Å². The minimum Gasteiger partial charge on any atom is -0.444 e. The third-order valence-corrected chi connectivity index (χ3v) is 7.28. The summed E-state index contributed by atoms with van der Waals surface area (Å²) in [6.07, 6.45) is 2.26. The number of anilines is 1. The van der Waals surface area contributed by atoms with E-state index in [-0.39, 0.29) is 30.0 Å². The quantitative estimate of drug-likeness (QED) is 0.624. The van der Waals surface area contributed by atoms with E-state index in [1.165, 1.54) is 0 Å². The van der Waals surface area contributed by atoms with Crippen molar-refractivity contribution in [1.82, 2.24) is 20.4 Å². The van der Waals surface area contributed by atoms with E-state index in [4.69, 9.17) is 9.47 Å². The van der Waals surface area contributed by atoms with Gasteiger partial charge in [-0.15, -0.1) is 0 Å². The normalized spacial score (nSPS) is 26.6. The Morgan fingerprint density at radius 2 is 1.94 bits per heavy atom. The van der Waals surface area contributed by atoms with Gasteiger partial charge in [-0.2, -0.15) is 5.10 Å². The number of aromatic nitrogens is 2. The predicted molar refractivity (Wildman–Crippen MR) is 134 cm³/mol. The maximum atomic E-state index is 12.5. The van der Waals surface area contributed by atoms with Crippen LogP contribution in [-0.2, 0) is 26.1 Å². The summed E-state index contributed by atoms with van der Waals surface area (Å²) in [4.78, 5) is 38.6. The summed E-state index contributed by atoms with van der Waals surface area (Å²) in [6.45, 7) is 7.46. The average Bonchev–Trinajstić information content (AvgIpc) is 3.11. The number of alkyl carbamates (subject to hydrolysis) is 1. The first kappa shape index (κ1) is 24.5. The number of morpholine rings is 1. The first-order chi connectivity index (χ1) is 17.1. The van der Waals surface area contributed by atoms with Crippen LogP contribution < -0.4 is 15.5 Å². The molecule has 194 valence electrons. The van der Waals surface area contributed by atoms with E-state index < -0.39 is 11.5 Å². The number of carbonyl (C=O) groups excluding carboxylic acids is 3. The molecular weight excluding hydrogens is 462 g/mol. The molecule has 0 radical (unpaired) electrons. The topological polar surface area (TPSA) is 115 Å². The molecule has 2 bridgehead atoms. The van der Waals surface area contributed by atoms with Crippen molar-refractivity contribution in [3.05, 3.63) is 23.9 Å². The molecule has 3 saturated heterocycles. The maximum Gasteiger partial charge on any atom is 0.407 e. The molecule has 3 fully saturated rings. The number of piperidine rings is 2. The molecule has 0 spiro atoms. The fourth-order valence-electron chi connectivity index (χ4n) is 5.80. The number of hydrogen-bond donors (Lipinski definition) is 2. The van der Waals surface area contributed by atoms with Crippen molar-refractivity contribution < 1.29 is 23.9 Å². The van der Waals surface area contributed by atoms with Crippen LogP contribution in [0.15, 0.2) is 18.2 Å². The molecule has 3 amide bonds. The fraction of sp³-hybridized carbons (Fsp3) is 0.615. The smallest absolute Gasteiger partial charge is 0.407 e. The van der Waals surface area contributed by atoms with Crippen LogP contribution in [0.25, 0.3) is 10.9 Å². The van der Waals surface area contributed by atoms with Crippen LogP contribution in [0.3, 0.4) is 0 Å². The number of hydrogen-bond acceptors (Lipinski definition) is 7. The monoisotopic (exact) mass is 497 g/mol. The van der Waals surface area contributed by atoms with Crippen LogP contribution in [0.4, 0.5) is 10.5 Å². The van der Waals surface area contributed by atoms with Crippen molar-refractivity contribution in [2.24, 2.45) is 13.0 Å². The van der Waals surface area contributed by atoms with Gasteiger partial charge in [-0.05, 0) is 64.2 Å². The van der Waals surface area contributed by atoms with Crippen LogP contribution in [-0.4, -0.2) is 65.1 Å². The van der Waals surface area contributed by atoms with Gasteiger partial charge in [-0.3, -0.25) is 19.6 Å².